The van der Waals surface area contributed by atoms with Crippen LogP contribution in [0, 0.1) is 11.7 Å². The fourth-order valence-corrected chi connectivity index (χ4v) is 3.36. The van der Waals surface area contributed by atoms with E-state index in [1.807, 2.05) is 0 Å². The third kappa shape index (κ3) is 4.58. The number of rotatable bonds is 6. The lowest BCUT2D eigenvalue weighted by atomic mass is 10.0. The van der Waals surface area contributed by atoms with Crippen LogP contribution in [-0.4, -0.2) is 34.7 Å². The van der Waals surface area contributed by atoms with Crippen molar-refractivity contribution in [3.05, 3.63) is 40.7 Å². The quantitative estimate of drug-likeness (QED) is 0.811. The van der Waals surface area contributed by atoms with Gasteiger partial charge in [-0.2, -0.15) is 0 Å². The molecule has 1 heterocycles. The molecule has 2 amide bonds. The van der Waals surface area contributed by atoms with Crippen molar-refractivity contribution in [2.75, 3.05) is 17.8 Å². The van der Waals surface area contributed by atoms with Gasteiger partial charge in [0.15, 0.2) is 6.73 Å². The van der Waals surface area contributed by atoms with Crippen LogP contribution in [0.25, 0.3) is 0 Å². The maximum absolute atomic E-state index is 13.3. The lowest BCUT2D eigenvalue weighted by Gasteiger charge is -2.40. The van der Waals surface area contributed by atoms with Crippen molar-refractivity contribution in [3.8, 4) is 0 Å². The van der Waals surface area contributed by atoms with Crippen LogP contribution in [0.3, 0.4) is 0 Å². The first-order valence-corrected chi connectivity index (χ1v) is 9.47. The fraction of sp³-hybridized carbons (Fsp3) is 0.474. The van der Waals surface area contributed by atoms with Gasteiger partial charge in [-0.25, -0.2) is 4.39 Å². The van der Waals surface area contributed by atoms with E-state index in [2.05, 4.69) is 19.2 Å². The zero-order valence-electron chi connectivity index (χ0n) is 15.8. The summed E-state index contributed by atoms with van der Waals surface area (Å²) in [5, 5.41) is 2.67. The molecule has 5 nitrogen and oxygen atoms in total. The van der Waals surface area contributed by atoms with Crippen molar-refractivity contribution in [1.82, 2.24) is 4.90 Å². The second-order valence-corrected chi connectivity index (χ2v) is 8.15. The third-order valence-electron chi connectivity index (χ3n) is 4.04. The molecule has 1 aromatic rings. The van der Waals surface area contributed by atoms with Crippen molar-refractivity contribution in [2.24, 2.45) is 5.92 Å². The normalized spacial score (nSPS) is 15.3. The van der Waals surface area contributed by atoms with Crippen molar-refractivity contribution in [1.29, 1.82) is 0 Å². The molecule has 1 aliphatic rings. The van der Waals surface area contributed by atoms with Crippen LogP contribution in [0.2, 0.25) is 0 Å². The number of nitrogens with zero attached hydrogens (tertiary/aromatic N) is 1. The Labute approximate surface area is 158 Å². The summed E-state index contributed by atoms with van der Waals surface area (Å²) in [7, 11) is 0. The molecule has 0 aromatic heterocycles. The van der Waals surface area contributed by atoms with Gasteiger partial charge in [0.25, 0.3) is 5.91 Å². The van der Waals surface area contributed by atoms with Gasteiger partial charge < -0.3 is 10.1 Å². The number of amides is 2. The van der Waals surface area contributed by atoms with Crippen LogP contribution in [0.5, 0.6) is 0 Å². The highest BCUT2D eigenvalue weighted by atomic mass is 32.2. The van der Waals surface area contributed by atoms with E-state index >= 15 is 0 Å². The lowest BCUT2D eigenvalue weighted by molar-refractivity contribution is -0.148. The number of anilines is 1. The van der Waals surface area contributed by atoms with E-state index in [0.29, 0.717) is 22.3 Å². The van der Waals surface area contributed by atoms with E-state index in [4.69, 9.17) is 4.74 Å². The molecule has 0 fully saturated rings. The van der Waals surface area contributed by atoms with Gasteiger partial charge in [0.1, 0.15) is 22.0 Å². The molecule has 0 radical (unpaired) electrons. The Morgan fingerprint density at radius 3 is 2.73 bits per heavy atom. The Morgan fingerprint density at radius 2 is 2.12 bits per heavy atom. The zero-order valence-corrected chi connectivity index (χ0v) is 16.6. The van der Waals surface area contributed by atoms with E-state index in [-0.39, 0.29) is 12.6 Å². The summed E-state index contributed by atoms with van der Waals surface area (Å²) in [5.41, 5.74) is -0.817. The van der Waals surface area contributed by atoms with Gasteiger partial charge in [-0.1, -0.05) is 19.9 Å². The van der Waals surface area contributed by atoms with Gasteiger partial charge in [-0.05, 0) is 44.9 Å². The average molecular weight is 380 g/mol. The molecule has 142 valence electrons. The standard InChI is InChI=1S/C19H25FN2O3S/c1-12(2)10-26-16-13(3)25-11-22(17(16)23)19(4,5)18(24)21-15-8-6-7-14(20)9-15/h6-9,12H,10-11H2,1-5H3,(H,21,24). The minimum absolute atomic E-state index is 0.0000238. The molecular formula is C19H25FN2O3S. The van der Waals surface area contributed by atoms with E-state index in [0.717, 1.165) is 5.75 Å². The Kier molecular flexibility index (Phi) is 6.34. The smallest absolute Gasteiger partial charge is 0.267 e. The van der Waals surface area contributed by atoms with Crippen molar-refractivity contribution in [3.63, 3.8) is 0 Å². The predicted octanol–water partition coefficient (Wildman–Crippen LogP) is 3.98. The summed E-state index contributed by atoms with van der Waals surface area (Å²) < 4.78 is 19.0. The number of benzene rings is 1. The number of hydrogen-bond donors (Lipinski definition) is 1. The van der Waals surface area contributed by atoms with Crippen LogP contribution in [0.4, 0.5) is 10.1 Å². The molecule has 0 bridgehead atoms. The van der Waals surface area contributed by atoms with E-state index in [1.54, 1.807) is 26.8 Å². The van der Waals surface area contributed by atoms with E-state index in [9.17, 15) is 14.0 Å². The SMILES string of the molecule is CC1=C(SCC(C)C)C(=O)N(C(C)(C)C(=O)Nc2cccc(F)c2)CO1. The van der Waals surface area contributed by atoms with Gasteiger partial charge in [-0.3, -0.25) is 14.5 Å². The molecule has 0 atom stereocenters. The van der Waals surface area contributed by atoms with Crippen LogP contribution in [0.15, 0.2) is 34.9 Å². The number of carbonyl (C=O) groups is 2. The van der Waals surface area contributed by atoms with Crippen LogP contribution in [-0.2, 0) is 14.3 Å². The first-order valence-electron chi connectivity index (χ1n) is 8.48. The summed E-state index contributed by atoms with van der Waals surface area (Å²) in [6, 6.07) is 5.64. The summed E-state index contributed by atoms with van der Waals surface area (Å²) in [6.45, 7) is 9.20. The van der Waals surface area contributed by atoms with Gasteiger partial charge in [0.05, 0.1) is 0 Å². The maximum atomic E-state index is 13.3. The second-order valence-electron chi connectivity index (χ2n) is 7.12. The van der Waals surface area contributed by atoms with Gasteiger partial charge >= 0.3 is 0 Å². The monoisotopic (exact) mass is 380 g/mol. The minimum Gasteiger partial charge on any atom is -0.476 e. The Hall–Kier alpha value is -2.02. The second kappa shape index (κ2) is 8.12. The molecule has 0 unspecified atom stereocenters. The molecular weight excluding hydrogens is 355 g/mol. The molecule has 1 N–H and O–H groups in total. The topological polar surface area (TPSA) is 58.6 Å². The minimum atomic E-state index is -1.16. The molecule has 1 aromatic carbocycles. The first kappa shape index (κ1) is 20.3. The number of halogens is 1. The van der Waals surface area contributed by atoms with Crippen molar-refractivity contribution >= 4 is 29.3 Å². The lowest BCUT2D eigenvalue weighted by Crippen LogP contribution is -2.57. The molecule has 0 spiro atoms. The zero-order chi connectivity index (χ0) is 19.5. The Balaban J connectivity index is 2.17. The highest BCUT2D eigenvalue weighted by Gasteiger charge is 2.42. The van der Waals surface area contributed by atoms with Gasteiger partial charge in [-0.15, -0.1) is 11.8 Å². The molecule has 0 saturated heterocycles. The van der Waals surface area contributed by atoms with E-state index < -0.39 is 17.3 Å². The third-order valence-corrected chi connectivity index (χ3v) is 5.63. The number of hydrogen-bond acceptors (Lipinski definition) is 4. The molecule has 26 heavy (non-hydrogen) atoms. The number of thioether (sulfide) groups is 1. The molecule has 7 heteroatoms. The number of nitrogens with one attached hydrogen (secondary N) is 1. The highest BCUT2D eigenvalue weighted by Crippen LogP contribution is 2.32. The maximum Gasteiger partial charge on any atom is 0.267 e. The molecule has 0 aliphatic carbocycles. The van der Waals surface area contributed by atoms with Gasteiger partial charge in [0, 0.05) is 11.4 Å². The van der Waals surface area contributed by atoms with Crippen LogP contribution in [0.1, 0.15) is 34.6 Å². The molecule has 2 rings (SSSR count). The predicted molar refractivity (Wildman–Crippen MR) is 102 cm³/mol. The summed E-state index contributed by atoms with van der Waals surface area (Å²) in [6.07, 6.45) is 0. The Morgan fingerprint density at radius 1 is 1.42 bits per heavy atom. The highest BCUT2D eigenvalue weighted by molar-refractivity contribution is 8.04. The Bertz CT molecular complexity index is 731. The summed E-state index contributed by atoms with van der Waals surface area (Å²) in [4.78, 5) is 27.6. The average Bonchev–Trinajstić information content (AvgIpc) is 2.54. The van der Waals surface area contributed by atoms with Crippen molar-refractivity contribution < 1.29 is 18.7 Å². The molecule has 1 aliphatic heterocycles. The summed E-state index contributed by atoms with van der Waals surface area (Å²) >= 11 is 1.44. The molecule has 0 saturated carbocycles. The first-order chi connectivity index (χ1) is 12.1. The number of carbonyl (C=O) groups excluding carboxylic acids is 2. The van der Waals surface area contributed by atoms with Gasteiger partial charge in [0.2, 0.25) is 5.91 Å². The fourth-order valence-electron chi connectivity index (χ4n) is 2.36. The number of allylic oxidation sites excluding steroid dienone is 1. The van der Waals surface area contributed by atoms with Crippen LogP contribution < -0.4 is 5.32 Å². The van der Waals surface area contributed by atoms with E-state index in [1.165, 1.54) is 34.9 Å². The number of ether oxygens (including phenoxy) is 1. The largest absolute Gasteiger partial charge is 0.476 e. The summed E-state index contributed by atoms with van der Waals surface area (Å²) in [5.74, 6) is 0.715. The van der Waals surface area contributed by atoms with Crippen LogP contribution >= 0.6 is 11.8 Å². The van der Waals surface area contributed by atoms with Crippen molar-refractivity contribution in [2.45, 2.75) is 40.2 Å².